The average molecular weight is 197 g/mol. The summed E-state index contributed by atoms with van der Waals surface area (Å²) < 4.78 is 26.4. The zero-order valence-electron chi connectivity index (χ0n) is 7.37. The number of aliphatic hydroxyl groups is 1. The normalized spacial score (nSPS) is 11.0. The van der Waals surface area contributed by atoms with Crippen LogP contribution in [0.1, 0.15) is 17.5 Å². The van der Waals surface area contributed by atoms with E-state index in [0.29, 0.717) is 0 Å². The second-order valence-corrected chi connectivity index (χ2v) is 2.87. The number of nitrogens with zero attached hydrogens (tertiary/aromatic N) is 1. The zero-order valence-corrected chi connectivity index (χ0v) is 7.37. The third kappa shape index (κ3) is 2.27. The summed E-state index contributed by atoms with van der Waals surface area (Å²) in [5.41, 5.74) is -0.0364. The monoisotopic (exact) mass is 197 g/mol. The lowest BCUT2D eigenvalue weighted by molar-refractivity contribution is -0.0269. The lowest BCUT2D eigenvalue weighted by atomic mass is 10.0. The molecular weight excluding hydrogens is 188 g/mol. The first-order valence-corrected chi connectivity index (χ1v) is 4.09. The van der Waals surface area contributed by atoms with Crippen molar-refractivity contribution in [2.75, 3.05) is 6.61 Å². The second-order valence-electron chi connectivity index (χ2n) is 2.87. The van der Waals surface area contributed by atoms with Gasteiger partial charge in [0.15, 0.2) is 0 Å². The summed E-state index contributed by atoms with van der Waals surface area (Å²) in [6.07, 6.45) is -0.623. The fraction of sp³-hybridized carbons (Fsp3) is 0.300. The third-order valence-corrected chi connectivity index (χ3v) is 1.84. The van der Waals surface area contributed by atoms with Crippen LogP contribution >= 0.6 is 0 Å². The molecule has 0 aliphatic carbocycles. The van der Waals surface area contributed by atoms with Gasteiger partial charge in [-0.1, -0.05) is 12.1 Å². The lowest BCUT2D eigenvalue weighted by Crippen LogP contribution is -2.15. The number of nitriles is 1. The van der Waals surface area contributed by atoms with E-state index in [9.17, 15) is 8.78 Å². The van der Waals surface area contributed by atoms with E-state index in [2.05, 4.69) is 0 Å². The van der Waals surface area contributed by atoms with Gasteiger partial charge >= 0.3 is 0 Å². The van der Waals surface area contributed by atoms with Crippen LogP contribution in [0.2, 0.25) is 0 Å². The van der Waals surface area contributed by atoms with Gasteiger partial charge in [-0.15, -0.1) is 0 Å². The molecule has 0 amide bonds. The van der Waals surface area contributed by atoms with Gasteiger partial charge in [0, 0.05) is 18.6 Å². The number of halogens is 2. The molecule has 0 aromatic heterocycles. The predicted molar refractivity (Wildman–Crippen MR) is 46.8 cm³/mol. The zero-order chi connectivity index (χ0) is 10.6. The highest BCUT2D eigenvalue weighted by Gasteiger charge is 2.30. The number of aliphatic hydroxyl groups excluding tert-OH is 1. The number of rotatable bonds is 3. The molecule has 0 unspecified atom stereocenters. The lowest BCUT2D eigenvalue weighted by Gasteiger charge is -2.15. The molecule has 0 spiro atoms. The summed E-state index contributed by atoms with van der Waals surface area (Å²) in [7, 11) is 0. The first-order valence-electron chi connectivity index (χ1n) is 4.09. The Morgan fingerprint density at radius 3 is 2.71 bits per heavy atom. The summed E-state index contributed by atoms with van der Waals surface area (Å²) in [6.45, 7) is -0.580. The Kier molecular flexibility index (Phi) is 3.15. The smallest absolute Gasteiger partial charge is 0.275 e. The van der Waals surface area contributed by atoms with Crippen molar-refractivity contribution in [2.45, 2.75) is 12.3 Å². The molecule has 1 N–H and O–H groups in total. The van der Waals surface area contributed by atoms with E-state index in [-0.39, 0.29) is 11.1 Å². The number of hydrogen-bond acceptors (Lipinski definition) is 2. The van der Waals surface area contributed by atoms with Gasteiger partial charge in [-0.3, -0.25) is 0 Å². The fourth-order valence-electron chi connectivity index (χ4n) is 1.10. The molecule has 0 heterocycles. The highest BCUT2D eigenvalue weighted by Crippen LogP contribution is 2.31. The number of hydrogen-bond donors (Lipinski definition) is 1. The van der Waals surface area contributed by atoms with Crippen LogP contribution in [-0.4, -0.2) is 11.7 Å². The quantitative estimate of drug-likeness (QED) is 0.805. The molecule has 0 bridgehead atoms. The van der Waals surface area contributed by atoms with Crippen molar-refractivity contribution < 1.29 is 13.9 Å². The molecule has 4 heteroatoms. The van der Waals surface area contributed by atoms with Crippen LogP contribution in [0.25, 0.3) is 0 Å². The largest absolute Gasteiger partial charge is 0.396 e. The Hall–Kier alpha value is -1.47. The number of benzene rings is 1. The van der Waals surface area contributed by atoms with E-state index in [4.69, 9.17) is 10.4 Å². The highest BCUT2D eigenvalue weighted by atomic mass is 19.3. The Balaban J connectivity index is 3.01. The Labute approximate surface area is 80.4 Å². The van der Waals surface area contributed by atoms with Crippen molar-refractivity contribution in [3.05, 3.63) is 35.4 Å². The molecule has 1 aromatic carbocycles. The van der Waals surface area contributed by atoms with Crippen LogP contribution in [0.15, 0.2) is 24.3 Å². The van der Waals surface area contributed by atoms with Crippen molar-refractivity contribution in [2.24, 2.45) is 0 Å². The molecule has 0 aliphatic rings. The standard InChI is InChI=1S/C10H9F2NO/c11-10(12,4-5-14)9-3-1-2-8(6-9)7-13/h1-3,6,14H,4-5H2. The van der Waals surface area contributed by atoms with E-state index < -0.39 is 19.0 Å². The molecule has 0 atom stereocenters. The van der Waals surface area contributed by atoms with E-state index in [1.165, 1.54) is 18.2 Å². The topological polar surface area (TPSA) is 44.0 Å². The summed E-state index contributed by atoms with van der Waals surface area (Å²) in [5.74, 6) is -3.07. The first kappa shape index (κ1) is 10.6. The van der Waals surface area contributed by atoms with E-state index in [1.807, 2.05) is 0 Å². The SMILES string of the molecule is N#Cc1cccc(C(F)(F)CCO)c1. The van der Waals surface area contributed by atoms with E-state index in [1.54, 1.807) is 6.07 Å². The molecule has 0 fully saturated rings. The van der Waals surface area contributed by atoms with Crippen LogP contribution in [0.3, 0.4) is 0 Å². The number of alkyl halides is 2. The molecule has 1 rings (SSSR count). The molecule has 0 radical (unpaired) electrons. The summed E-state index contributed by atoms with van der Waals surface area (Å²) >= 11 is 0. The van der Waals surface area contributed by atoms with Crippen LogP contribution in [-0.2, 0) is 5.92 Å². The minimum Gasteiger partial charge on any atom is -0.396 e. The van der Waals surface area contributed by atoms with Gasteiger partial charge in [-0.05, 0) is 12.1 Å². The van der Waals surface area contributed by atoms with Crippen LogP contribution in [0.5, 0.6) is 0 Å². The maximum Gasteiger partial charge on any atom is 0.275 e. The molecular formula is C10H9F2NO. The van der Waals surface area contributed by atoms with Gasteiger partial charge in [0.1, 0.15) is 0 Å². The van der Waals surface area contributed by atoms with Gasteiger partial charge < -0.3 is 5.11 Å². The van der Waals surface area contributed by atoms with E-state index in [0.717, 1.165) is 6.07 Å². The van der Waals surface area contributed by atoms with Crippen molar-refractivity contribution in [1.82, 2.24) is 0 Å². The molecule has 2 nitrogen and oxygen atoms in total. The molecule has 74 valence electrons. The van der Waals surface area contributed by atoms with Crippen molar-refractivity contribution in [3.8, 4) is 6.07 Å². The van der Waals surface area contributed by atoms with Crippen LogP contribution in [0, 0.1) is 11.3 Å². The van der Waals surface area contributed by atoms with Gasteiger partial charge in [0.2, 0.25) is 0 Å². The highest BCUT2D eigenvalue weighted by molar-refractivity contribution is 5.34. The molecule has 1 aromatic rings. The van der Waals surface area contributed by atoms with Crippen molar-refractivity contribution in [1.29, 1.82) is 5.26 Å². The van der Waals surface area contributed by atoms with Crippen molar-refractivity contribution >= 4 is 0 Å². The molecule has 0 saturated heterocycles. The summed E-state index contributed by atoms with van der Waals surface area (Å²) in [5, 5.41) is 17.0. The minimum atomic E-state index is -3.07. The second kappa shape index (κ2) is 4.16. The first-order chi connectivity index (χ1) is 6.60. The van der Waals surface area contributed by atoms with Gasteiger partial charge in [-0.25, -0.2) is 8.78 Å². The Morgan fingerprint density at radius 1 is 1.43 bits per heavy atom. The minimum absolute atomic E-state index is 0.195. The van der Waals surface area contributed by atoms with Crippen LogP contribution in [0.4, 0.5) is 8.78 Å². The molecule has 0 saturated carbocycles. The maximum absolute atomic E-state index is 13.2. The Bertz CT molecular complexity index is 357. The van der Waals surface area contributed by atoms with Crippen molar-refractivity contribution in [3.63, 3.8) is 0 Å². The molecule has 14 heavy (non-hydrogen) atoms. The maximum atomic E-state index is 13.2. The molecule has 0 aliphatic heterocycles. The predicted octanol–water partition coefficient (Wildman–Crippen LogP) is 2.03. The fourth-order valence-corrected chi connectivity index (χ4v) is 1.10. The van der Waals surface area contributed by atoms with E-state index >= 15 is 0 Å². The summed E-state index contributed by atoms with van der Waals surface area (Å²) in [4.78, 5) is 0. The van der Waals surface area contributed by atoms with Gasteiger partial charge in [0.25, 0.3) is 5.92 Å². The summed E-state index contributed by atoms with van der Waals surface area (Å²) in [6, 6.07) is 7.03. The van der Waals surface area contributed by atoms with Gasteiger partial charge in [-0.2, -0.15) is 5.26 Å². The third-order valence-electron chi connectivity index (χ3n) is 1.84. The van der Waals surface area contributed by atoms with Crippen LogP contribution < -0.4 is 0 Å². The van der Waals surface area contributed by atoms with Gasteiger partial charge in [0.05, 0.1) is 11.6 Å². The Morgan fingerprint density at radius 2 is 2.14 bits per heavy atom. The average Bonchev–Trinajstić information content (AvgIpc) is 2.18.